The Balaban J connectivity index is 1.55. The summed E-state index contributed by atoms with van der Waals surface area (Å²) >= 11 is 1.53. The molecule has 0 bridgehead atoms. The number of aromatic amines is 1. The number of aromatic nitrogens is 4. The number of non-ortho nitro benzene ring substituents is 1. The number of H-pyrrole nitrogens is 1. The number of para-hydroxylation sites is 2. The predicted molar refractivity (Wildman–Crippen MR) is 126 cm³/mol. The average Bonchev–Trinajstić information content (AvgIpc) is 3.38. The lowest BCUT2D eigenvalue weighted by Gasteiger charge is -2.05. The van der Waals surface area contributed by atoms with Gasteiger partial charge >= 0.3 is 0 Å². The van der Waals surface area contributed by atoms with Crippen molar-refractivity contribution in [1.82, 2.24) is 19.7 Å². The number of nitrogen functional groups attached to an aromatic ring is 1. The summed E-state index contributed by atoms with van der Waals surface area (Å²) in [7, 11) is 0. The monoisotopic (exact) mass is 442 g/mol. The van der Waals surface area contributed by atoms with Gasteiger partial charge in [-0.05, 0) is 23.8 Å². The first-order valence-electron chi connectivity index (χ1n) is 9.85. The second-order valence-corrected chi connectivity index (χ2v) is 8.07. The first kappa shape index (κ1) is 19.8. The number of nitro benzene ring substituents is 1. The molecule has 0 radical (unpaired) electrons. The van der Waals surface area contributed by atoms with Crippen LogP contribution in [0, 0.1) is 10.1 Å². The van der Waals surface area contributed by atoms with Crippen molar-refractivity contribution in [3.63, 3.8) is 0 Å². The second-order valence-electron chi connectivity index (χ2n) is 7.11. The van der Waals surface area contributed by atoms with Crippen molar-refractivity contribution in [3.05, 3.63) is 94.7 Å². The minimum absolute atomic E-state index is 0.0168. The molecule has 0 aliphatic rings. The number of benzene rings is 3. The molecular formula is C23H18N6O2S. The van der Waals surface area contributed by atoms with Crippen molar-refractivity contribution in [2.24, 2.45) is 0 Å². The van der Waals surface area contributed by atoms with Gasteiger partial charge in [-0.3, -0.25) is 10.1 Å². The van der Waals surface area contributed by atoms with Crippen LogP contribution in [0.25, 0.3) is 27.8 Å². The molecule has 2 heterocycles. The Bertz CT molecular complexity index is 1390. The molecule has 0 unspecified atom stereocenters. The highest BCUT2D eigenvalue weighted by molar-refractivity contribution is 7.98. The van der Waals surface area contributed by atoms with E-state index < -0.39 is 4.92 Å². The average molecular weight is 443 g/mol. The van der Waals surface area contributed by atoms with E-state index in [2.05, 4.69) is 9.97 Å². The van der Waals surface area contributed by atoms with Crippen molar-refractivity contribution >= 4 is 34.3 Å². The molecule has 5 rings (SSSR count). The zero-order valence-electron chi connectivity index (χ0n) is 16.8. The van der Waals surface area contributed by atoms with Crippen LogP contribution in [-0.4, -0.2) is 24.7 Å². The van der Waals surface area contributed by atoms with Crippen molar-refractivity contribution in [3.8, 4) is 16.8 Å². The minimum Gasteiger partial charge on any atom is -0.383 e. The lowest BCUT2D eigenvalue weighted by molar-refractivity contribution is -0.384. The van der Waals surface area contributed by atoms with E-state index in [-0.39, 0.29) is 5.69 Å². The molecule has 0 saturated heterocycles. The fourth-order valence-electron chi connectivity index (χ4n) is 3.57. The smallest absolute Gasteiger partial charge is 0.271 e. The molecular weight excluding hydrogens is 424 g/mol. The summed E-state index contributed by atoms with van der Waals surface area (Å²) in [6.45, 7) is 0. The summed E-state index contributed by atoms with van der Waals surface area (Å²) in [4.78, 5) is 18.7. The zero-order valence-corrected chi connectivity index (χ0v) is 17.6. The van der Waals surface area contributed by atoms with E-state index in [9.17, 15) is 10.1 Å². The molecule has 3 aromatic carbocycles. The van der Waals surface area contributed by atoms with E-state index in [1.807, 2.05) is 54.6 Å². The third-order valence-corrected chi connectivity index (χ3v) is 5.94. The topological polar surface area (TPSA) is 116 Å². The van der Waals surface area contributed by atoms with E-state index in [1.165, 1.54) is 23.9 Å². The van der Waals surface area contributed by atoms with Gasteiger partial charge in [0.25, 0.3) is 5.69 Å². The third-order valence-electron chi connectivity index (χ3n) is 5.05. The summed E-state index contributed by atoms with van der Waals surface area (Å²) in [5.41, 5.74) is 11.4. The maximum atomic E-state index is 11.2. The van der Waals surface area contributed by atoms with Gasteiger partial charge in [0.1, 0.15) is 5.82 Å². The van der Waals surface area contributed by atoms with Crippen LogP contribution in [0.4, 0.5) is 11.5 Å². The van der Waals surface area contributed by atoms with Crippen molar-refractivity contribution in [1.29, 1.82) is 0 Å². The number of fused-ring (bicyclic) bond motifs is 1. The maximum Gasteiger partial charge on any atom is 0.271 e. The minimum atomic E-state index is -0.431. The van der Waals surface area contributed by atoms with E-state index in [4.69, 9.17) is 10.8 Å². The number of imidazole rings is 1. The predicted octanol–water partition coefficient (Wildman–Crippen LogP) is 5.20. The third kappa shape index (κ3) is 3.69. The molecule has 158 valence electrons. The highest BCUT2D eigenvalue weighted by Crippen LogP contribution is 2.35. The Morgan fingerprint density at radius 3 is 2.59 bits per heavy atom. The molecule has 0 spiro atoms. The second kappa shape index (κ2) is 8.20. The molecule has 0 atom stereocenters. The molecule has 8 nitrogen and oxygen atoms in total. The molecule has 0 saturated carbocycles. The van der Waals surface area contributed by atoms with Crippen LogP contribution < -0.4 is 5.73 Å². The molecule has 5 aromatic rings. The van der Waals surface area contributed by atoms with Crippen LogP contribution in [0.2, 0.25) is 0 Å². The van der Waals surface area contributed by atoms with Gasteiger partial charge in [-0.2, -0.15) is 5.10 Å². The van der Waals surface area contributed by atoms with Crippen LogP contribution in [0.5, 0.6) is 0 Å². The van der Waals surface area contributed by atoms with Gasteiger partial charge in [0.05, 0.1) is 27.3 Å². The fourth-order valence-corrected chi connectivity index (χ4v) is 4.39. The van der Waals surface area contributed by atoms with Crippen LogP contribution in [0.1, 0.15) is 5.69 Å². The summed E-state index contributed by atoms with van der Waals surface area (Å²) in [6, 6.07) is 23.9. The van der Waals surface area contributed by atoms with Crippen molar-refractivity contribution < 1.29 is 4.92 Å². The van der Waals surface area contributed by atoms with Crippen LogP contribution >= 0.6 is 11.8 Å². The van der Waals surface area contributed by atoms with Gasteiger partial charge in [0.2, 0.25) is 0 Å². The normalized spacial score (nSPS) is 11.1. The lowest BCUT2D eigenvalue weighted by atomic mass is 10.1. The molecule has 3 N–H and O–H groups in total. The van der Waals surface area contributed by atoms with Crippen LogP contribution in [0.3, 0.4) is 0 Å². The molecule has 0 aliphatic carbocycles. The van der Waals surface area contributed by atoms with Gasteiger partial charge in [0.15, 0.2) is 5.16 Å². The van der Waals surface area contributed by atoms with E-state index >= 15 is 0 Å². The van der Waals surface area contributed by atoms with Gasteiger partial charge < -0.3 is 10.7 Å². The lowest BCUT2D eigenvalue weighted by Crippen LogP contribution is -2.03. The number of anilines is 1. The number of nitrogens with one attached hydrogen (secondary N) is 1. The van der Waals surface area contributed by atoms with E-state index in [0.717, 1.165) is 33.0 Å². The molecule has 2 aromatic heterocycles. The molecule has 0 fully saturated rings. The van der Waals surface area contributed by atoms with Gasteiger partial charge in [-0.25, -0.2) is 9.67 Å². The Hall–Kier alpha value is -4.11. The standard InChI is InChI=1S/C23H18N6O2S/c24-22-21(15-7-2-1-3-8-15)20(14-32-23-25-18-11-4-5-12-19(18)26-23)27-28(22)16-9-6-10-17(13-16)29(30)31/h1-13H,14,24H2,(H,25,26). The van der Waals surface area contributed by atoms with Gasteiger partial charge in [-0.1, -0.05) is 60.3 Å². The van der Waals surface area contributed by atoms with Crippen molar-refractivity contribution in [2.45, 2.75) is 10.9 Å². The Morgan fingerprint density at radius 1 is 1.03 bits per heavy atom. The summed E-state index contributed by atoms with van der Waals surface area (Å²) in [6.07, 6.45) is 0. The van der Waals surface area contributed by atoms with Gasteiger partial charge in [-0.15, -0.1) is 0 Å². The van der Waals surface area contributed by atoms with E-state index in [1.54, 1.807) is 16.8 Å². The number of hydrogen-bond acceptors (Lipinski definition) is 6. The number of rotatable bonds is 6. The fraction of sp³-hybridized carbons (Fsp3) is 0.0435. The highest BCUT2D eigenvalue weighted by Gasteiger charge is 2.20. The Kier molecular flexibility index (Phi) is 5.08. The molecule has 9 heteroatoms. The zero-order chi connectivity index (χ0) is 22.1. The quantitative estimate of drug-likeness (QED) is 0.212. The Morgan fingerprint density at radius 2 is 1.81 bits per heavy atom. The number of thioether (sulfide) groups is 1. The molecule has 0 aliphatic heterocycles. The summed E-state index contributed by atoms with van der Waals surface area (Å²) in [5, 5.41) is 16.7. The Labute approximate surface area is 187 Å². The van der Waals surface area contributed by atoms with E-state index in [0.29, 0.717) is 17.3 Å². The van der Waals surface area contributed by atoms with Crippen molar-refractivity contribution in [2.75, 3.05) is 5.73 Å². The number of nitro groups is 1. The first-order chi connectivity index (χ1) is 15.6. The largest absolute Gasteiger partial charge is 0.383 e. The molecule has 0 amide bonds. The summed E-state index contributed by atoms with van der Waals surface area (Å²) in [5.74, 6) is 0.952. The number of hydrogen-bond donors (Lipinski definition) is 2. The maximum absolute atomic E-state index is 11.2. The molecule has 32 heavy (non-hydrogen) atoms. The van der Waals surface area contributed by atoms with Crippen LogP contribution in [0.15, 0.2) is 84.0 Å². The highest BCUT2D eigenvalue weighted by atomic mass is 32.2. The van der Waals surface area contributed by atoms with Gasteiger partial charge in [0, 0.05) is 23.4 Å². The number of nitrogens with two attached hydrogens (primary N) is 1. The number of nitrogens with zero attached hydrogens (tertiary/aromatic N) is 4. The van der Waals surface area contributed by atoms with Crippen LogP contribution in [-0.2, 0) is 5.75 Å². The SMILES string of the molecule is Nc1c(-c2ccccc2)c(CSc2nc3ccccc3[nH]2)nn1-c1cccc([N+](=O)[O-])c1. The first-order valence-corrected chi connectivity index (χ1v) is 10.8. The summed E-state index contributed by atoms with van der Waals surface area (Å²) < 4.78 is 1.56.